The lowest BCUT2D eigenvalue weighted by Gasteiger charge is -2.21. The van der Waals surface area contributed by atoms with E-state index >= 15 is 0 Å². The van der Waals surface area contributed by atoms with Gasteiger partial charge in [-0.05, 0) is 31.0 Å². The van der Waals surface area contributed by atoms with Crippen molar-refractivity contribution in [2.75, 3.05) is 13.2 Å². The average Bonchev–Trinajstić information content (AvgIpc) is 3.19. The van der Waals surface area contributed by atoms with Crippen LogP contribution in [-0.4, -0.2) is 41.7 Å². The number of hydrogen-bond acceptors (Lipinski definition) is 3. The lowest BCUT2D eigenvalue weighted by molar-refractivity contribution is -0.0499. The highest BCUT2D eigenvalue weighted by molar-refractivity contribution is 5.95. The summed E-state index contributed by atoms with van der Waals surface area (Å²) in [6, 6.07) is 5.86. The van der Waals surface area contributed by atoms with Gasteiger partial charge in [-0.25, -0.2) is 0 Å². The van der Waals surface area contributed by atoms with Crippen molar-refractivity contribution in [2.45, 2.75) is 25.5 Å². The number of benzene rings is 1. The molecule has 1 aromatic rings. The van der Waals surface area contributed by atoms with Gasteiger partial charge >= 0.3 is 6.61 Å². The molecule has 6 heteroatoms. The Morgan fingerprint density at radius 1 is 1.47 bits per heavy atom. The zero-order valence-electron chi connectivity index (χ0n) is 10.3. The molecule has 4 nitrogen and oxygen atoms in total. The maximum absolute atomic E-state index is 12.2. The Labute approximate surface area is 109 Å². The quantitative estimate of drug-likeness (QED) is 0.859. The first-order valence-electron chi connectivity index (χ1n) is 6.08. The van der Waals surface area contributed by atoms with Gasteiger partial charge in [0.15, 0.2) is 0 Å². The number of alkyl halides is 2. The highest BCUT2D eigenvalue weighted by atomic mass is 19.3. The number of rotatable bonds is 6. The molecule has 0 aromatic heterocycles. The van der Waals surface area contributed by atoms with Crippen LogP contribution in [0.15, 0.2) is 24.3 Å². The molecule has 1 aliphatic rings. The van der Waals surface area contributed by atoms with Gasteiger partial charge < -0.3 is 14.7 Å². The highest BCUT2D eigenvalue weighted by Gasteiger charge is 2.32. The van der Waals surface area contributed by atoms with Crippen LogP contribution in [0.5, 0.6) is 5.75 Å². The molecule has 0 unspecified atom stereocenters. The molecule has 0 radical (unpaired) electrons. The summed E-state index contributed by atoms with van der Waals surface area (Å²) in [5, 5.41) is 8.96. The fourth-order valence-corrected chi connectivity index (χ4v) is 1.92. The molecule has 0 aliphatic heterocycles. The Morgan fingerprint density at radius 3 is 2.79 bits per heavy atom. The summed E-state index contributed by atoms with van der Waals surface area (Å²) in [5.74, 6) is -0.308. The van der Waals surface area contributed by atoms with Crippen LogP contribution in [0.4, 0.5) is 8.78 Å². The Bertz CT molecular complexity index is 449. The summed E-state index contributed by atoms with van der Waals surface area (Å²) in [6.45, 7) is -2.78. The van der Waals surface area contributed by atoms with E-state index in [4.69, 9.17) is 5.11 Å². The molecule has 1 saturated carbocycles. The Kier molecular flexibility index (Phi) is 4.31. The molecular weight excluding hydrogens is 256 g/mol. The monoisotopic (exact) mass is 271 g/mol. The van der Waals surface area contributed by atoms with Crippen molar-refractivity contribution in [2.24, 2.45) is 0 Å². The molecular formula is C13H15F2NO3. The highest BCUT2D eigenvalue weighted by Crippen LogP contribution is 2.28. The van der Waals surface area contributed by atoms with Gasteiger partial charge in [0.2, 0.25) is 0 Å². The van der Waals surface area contributed by atoms with Crippen molar-refractivity contribution in [1.82, 2.24) is 4.90 Å². The number of ether oxygens (including phenoxy) is 1. The van der Waals surface area contributed by atoms with Crippen molar-refractivity contribution in [3.63, 3.8) is 0 Å². The Morgan fingerprint density at radius 2 is 2.21 bits per heavy atom. The van der Waals surface area contributed by atoms with Crippen LogP contribution in [0.3, 0.4) is 0 Å². The maximum Gasteiger partial charge on any atom is 0.387 e. The van der Waals surface area contributed by atoms with Gasteiger partial charge in [-0.15, -0.1) is 0 Å². The van der Waals surface area contributed by atoms with Crippen LogP contribution in [0.2, 0.25) is 0 Å². The molecule has 0 heterocycles. The number of carbonyl (C=O) groups excluding carboxylic acids is 1. The van der Waals surface area contributed by atoms with E-state index in [-0.39, 0.29) is 30.9 Å². The van der Waals surface area contributed by atoms with E-state index in [9.17, 15) is 13.6 Å². The standard InChI is InChI=1S/C13H15F2NO3/c14-13(15)19-11-3-1-2-9(8-11)12(18)16(6-7-17)10-4-5-10/h1-3,8,10,13,17H,4-7H2. The summed E-state index contributed by atoms with van der Waals surface area (Å²) in [5.41, 5.74) is 0.290. The smallest absolute Gasteiger partial charge is 0.387 e. The summed E-state index contributed by atoms with van der Waals surface area (Å²) in [4.78, 5) is 13.8. The Hall–Kier alpha value is -1.69. The zero-order valence-corrected chi connectivity index (χ0v) is 10.3. The summed E-state index contributed by atoms with van der Waals surface area (Å²) < 4.78 is 28.5. The molecule has 1 N–H and O–H groups in total. The van der Waals surface area contributed by atoms with Crippen LogP contribution in [-0.2, 0) is 0 Å². The fraction of sp³-hybridized carbons (Fsp3) is 0.462. The summed E-state index contributed by atoms with van der Waals surface area (Å²) in [7, 11) is 0. The number of carbonyl (C=O) groups is 1. The second-order valence-corrected chi connectivity index (χ2v) is 4.36. The SMILES string of the molecule is O=C(c1cccc(OC(F)F)c1)N(CCO)C1CC1. The van der Waals surface area contributed by atoms with Gasteiger partial charge in [0.25, 0.3) is 5.91 Å². The molecule has 19 heavy (non-hydrogen) atoms. The van der Waals surface area contributed by atoms with Gasteiger partial charge in [0.05, 0.1) is 6.61 Å². The molecule has 2 rings (SSSR count). The lowest BCUT2D eigenvalue weighted by Crippen LogP contribution is -2.35. The van der Waals surface area contributed by atoms with Crippen molar-refractivity contribution < 1.29 is 23.4 Å². The lowest BCUT2D eigenvalue weighted by atomic mass is 10.2. The van der Waals surface area contributed by atoms with Gasteiger partial charge in [0.1, 0.15) is 5.75 Å². The molecule has 1 aliphatic carbocycles. The van der Waals surface area contributed by atoms with E-state index in [1.807, 2.05) is 0 Å². The zero-order chi connectivity index (χ0) is 13.8. The second-order valence-electron chi connectivity index (χ2n) is 4.36. The van der Waals surface area contributed by atoms with Crippen LogP contribution in [0.25, 0.3) is 0 Å². The van der Waals surface area contributed by atoms with E-state index in [0.717, 1.165) is 12.8 Å². The van der Waals surface area contributed by atoms with Gasteiger partial charge in [-0.2, -0.15) is 8.78 Å². The first kappa shape index (κ1) is 13.7. The minimum Gasteiger partial charge on any atom is -0.435 e. The third-order valence-electron chi connectivity index (χ3n) is 2.90. The summed E-state index contributed by atoms with van der Waals surface area (Å²) in [6.07, 6.45) is 1.83. The van der Waals surface area contributed by atoms with Gasteiger partial charge in [-0.3, -0.25) is 4.79 Å². The largest absolute Gasteiger partial charge is 0.435 e. The summed E-state index contributed by atoms with van der Waals surface area (Å²) >= 11 is 0. The van der Waals surface area contributed by atoms with Crippen molar-refractivity contribution in [3.8, 4) is 5.75 Å². The fourth-order valence-electron chi connectivity index (χ4n) is 1.92. The van der Waals surface area contributed by atoms with Gasteiger partial charge in [0, 0.05) is 18.2 Å². The van der Waals surface area contributed by atoms with Crippen molar-refractivity contribution in [1.29, 1.82) is 0 Å². The number of hydrogen-bond donors (Lipinski definition) is 1. The van der Waals surface area contributed by atoms with Crippen LogP contribution in [0.1, 0.15) is 23.2 Å². The number of nitrogens with zero attached hydrogens (tertiary/aromatic N) is 1. The molecule has 1 aromatic carbocycles. The average molecular weight is 271 g/mol. The third-order valence-corrected chi connectivity index (χ3v) is 2.90. The first-order chi connectivity index (χ1) is 9.11. The molecule has 1 fully saturated rings. The van der Waals surface area contributed by atoms with Gasteiger partial charge in [-0.1, -0.05) is 6.07 Å². The minimum atomic E-state index is -2.91. The van der Waals surface area contributed by atoms with Crippen molar-refractivity contribution >= 4 is 5.91 Å². The molecule has 0 saturated heterocycles. The molecule has 0 atom stereocenters. The number of amides is 1. The van der Waals surface area contributed by atoms with E-state index in [1.165, 1.54) is 18.2 Å². The topological polar surface area (TPSA) is 49.8 Å². The third kappa shape index (κ3) is 3.64. The first-order valence-corrected chi connectivity index (χ1v) is 6.08. The number of halogens is 2. The number of aliphatic hydroxyl groups excluding tert-OH is 1. The minimum absolute atomic E-state index is 0.0411. The number of aliphatic hydroxyl groups is 1. The normalized spacial score (nSPS) is 14.5. The van der Waals surface area contributed by atoms with Crippen LogP contribution in [0, 0.1) is 0 Å². The van der Waals surface area contributed by atoms with Crippen LogP contribution < -0.4 is 4.74 Å². The van der Waals surface area contributed by atoms with E-state index in [2.05, 4.69) is 4.74 Å². The van der Waals surface area contributed by atoms with E-state index < -0.39 is 6.61 Å². The predicted octanol–water partition coefficient (Wildman–Crippen LogP) is 1.88. The van der Waals surface area contributed by atoms with Crippen molar-refractivity contribution in [3.05, 3.63) is 29.8 Å². The molecule has 104 valence electrons. The molecule has 1 amide bonds. The molecule has 0 spiro atoms. The van der Waals surface area contributed by atoms with E-state index in [1.54, 1.807) is 11.0 Å². The maximum atomic E-state index is 12.2. The van der Waals surface area contributed by atoms with E-state index in [0.29, 0.717) is 5.56 Å². The Balaban J connectivity index is 2.12. The molecule has 0 bridgehead atoms. The predicted molar refractivity (Wildman–Crippen MR) is 64.2 cm³/mol. The second kappa shape index (κ2) is 5.97. The van der Waals surface area contributed by atoms with Crippen LogP contribution >= 0.6 is 0 Å².